The van der Waals surface area contributed by atoms with Crippen molar-refractivity contribution in [2.24, 2.45) is 5.73 Å². The number of morpholine rings is 1. The Balaban J connectivity index is 2.05. The summed E-state index contributed by atoms with van der Waals surface area (Å²) in [4.78, 5) is 0. The minimum absolute atomic E-state index is 0.219. The predicted octanol–water partition coefficient (Wildman–Crippen LogP) is 0.0227. The average molecular weight is 299 g/mol. The van der Waals surface area contributed by atoms with Crippen LogP contribution < -0.4 is 5.73 Å². The maximum Gasteiger partial charge on any atom is 0.282 e. The third kappa shape index (κ3) is 3.56. The molecule has 1 fully saturated rings. The summed E-state index contributed by atoms with van der Waals surface area (Å²) < 4.78 is 33.2. The second-order valence-electron chi connectivity index (χ2n) is 4.84. The van der Waals surface area contributed by atoms with Crippen LogP contribution in [0.25, 0.3) is 0 Å². The smallest absolute Gasteiger partial charge is 0.282 e. The quantitative estimate of drug-likeness (QED) is 0.832. The Kier molecular flexibility index (Phi) is 5.11. The minimum Gasteiger partial charge on any atom is -0.374 e. The molecule has 1 aromatic carbocycles. The third-order valence-corrected chi connectivity index (χ3v) is 5.23. The van der Waals surface area contributed by atoms with Gasteiger partial charge in [-0.15, -0.1) is 0 Å². The summed E-state index contributed by atoms with van der Waals surface area (Å²) in [5.74, 6) is 0. The van der Waals surface area contributed by atoms with E-state index in [0.717, 1.165) is 5.56 Å². The normalized spacial score (nSPS) is 21.2. The molecule has 1 aromatic rings. The molecule has 0 bridgehead atoms. The van der Waals surface area contributed by atoms with Crippen molar-refractivity contribution in [1.29, 1.82) is 0 Å². The van der Waals surface area contributed by atoms with Gasteiger partial charge in [-0.3, -0.25) is 0 Å². The first-order valence-corrected chi connectivity index (χ1v) is 8.00. The second kappa shape index (κ2) is 6.64. The van der Waals surface area contributed by atoms with Crippen LogP contribution in [0.1, 0.15) is 5.56 Å². The molecule has 6 nitrogen and oxygen atoms in total. The lowest BCUT2D eigenvalue weighted by atomic mass is 10.2. The van der Waals surface area contributed by atoms with Crippen molar-refractivity contribution in [2.75, 3.05) is 33.3 Å². The fourth-order valence-corrected chi connectivity index (χ4v) is 3.53. The maximum atomic E-state index is 12.5. The zero-order chi connectivity index (χ0) is 14.6. The van der Waals surface area contributed by atoms with E-state index in [2.05, 4.69) is 0 Å². The van der Waals surface area contributed by atoms with Gasteiger partial charge < -0.3 is 10.5 Å². The summed E-state index contributed by atoms with van der Waals surface area (Å²) in [6.45, 7) is 1.76. The van der Waals surface area contributed by atoms with Gasteiger partial charge in [-0.1, -0.05) is 30.3 Å². The largest absolute Gasteiger partial charge is 0.374 e. The van der Waals surface area contributed by atoms with E-state index in [-0.39, 0.29) is 6.10 Å². The lowest BCUT2D eigenvalue weighted by Gasteiger charge is -2.34. The van der Waals surface area contributed by atoms with Gasteiger partial charge in [-0.2, -0.15) is 17.0 Å². The van der Waals surface area contributed by atoms with E-state index >= 15 is 0 Å². The van der Waals surface area contributed by atoms with Gasteiger partial charge in [0.1, 0.15) is 0 Å². The number of ether oxygens (including phenoxy) is 1. The molecule has 0 aliphatic carbocycles. The van der Waals surface area contributed by atoms with E-state index in [4.69, 9.17) is 10.5 Å². The highest BCUT2D eigenvalue weighted by molar-refractivity contribution is 7.86. The molecule has 20 heavy (non-hydrogen) atoms. The SMILES string of the molecule is CN(Cc1ccccc1)S(=O)(=O)N1CCOC(CN)C1. The van der Waals surface area contributed by atoms with Crippen molar-refractivity contribution in [1.82, 2.24) is 8.61 Å². The first-order valence-electron chi connectivity index (χ1n) is 6.61. The van der Waals surface area contributed by atoms with E-state index in [1.165, 1.54) is 8.61 Å². The Morgan fingerprint density at radius 2 is 2.10 bits per heavy atom. The summed E-state index contributed by atoms with van der Waals surface area (Å²) >= 11 is 0. The molecule has 0 radical (unpaired) electrons. The van der Waals surface area contributed by atoms with Crippen molar-refractivity contribution in [3.63, 3.8) is 0 Å². The lowest BCUT2D eigenvalue weighted by molar-refractivity contribution is 0.00288. The van der Waals surface area contributed by atoms with Gasteiger partial charge in [-0.25, -0.2) is 0 Å². The van der Waals surface area contributed by atoms with Crippen molar-refractivity contribution in [3.05, 3.63) is 35.9 Å². The molecule has 1 heterocycles. The molecule has 112 valence electrons. The van der Waals surface area contributed by atoms with Crippen LogP contribution in [0.4, 0.5) is 0 Å². The van der Waals surface area contributed by atoms with Gasteiger partial charge in [-0.05, 0) is 5.56 Å². The topological polar surface area (TPSA) is 75.9 Å². The molecule has 1 unspecified atom stereocenters. The Labute approximate surface area is 120 Å². The van der Waals surface area contributed by atoms with Gasteiger partial charge in [0.25, 0.3) is 10.2 Å². The minimum atomic E-state index is -3.47. The van der Waals surface area contributed by atoms with E-state index in [1.54, 1.807) is 7.05 Å². The molecule has 1 atom stereocenters. The third-order valence-electron chi connectivity index (χ3n) is 3.33. The van der Waals surface area contributed by atoms with Crippen molar-refractivity contribution in [3.8, 4) is 0 Å². The van der Waals surface area contributed by atoms with Crippen LogP contribution in [0.15, 0.2) is 30.3 Å². The van der Waals surface area contributed by atoms with Crippen LogP contribution >= 0.6 is 0 Å². The standard InChI is InChI=1S/C13H21N3O3S/c1-15(10-12-5-3-2-4-6-12)20(17,18)16-7-8-19-13(9-14)11-16/h2-6,13H,7-11,14H2,1H3. The highest BCUT2D eigenvalue weighted by atomic mass is 32.2. The van der Waals surface area contributed by atoms with Crippen LogP contribution in [-0.2, 0) is 21.5 Å². The average Bonchev–Trinajstić information content (AvgIpc) is 2.48. The molecular weight excluding hydrogens is 278 g/mol. The molecule has 1 saturated heterocycles. The first kappa shape index (κ1) is 15.4. The van der Waals surface area contributed by atoms with E-state index in [0.29, 0.717) is 32.8 Å². The van der Waals surface area contributed by atoms with E-state index in [9.17, 15) is 8.42 Å². The van der Waals surface area contributed by atoms with E-state index in [1.807, 2.05) is 30.3 Å². The summed E-state index contributed by atoms with van der Waals surface area (Å²) in [6.07, 6.45) is -0.219. The molecule has 1 aliphatic rings. The number of hydrogen-bond acceptors (Lipinski definition) is 4. The number of hydrogen-bond donors (Lipinski definition) is 1. The molecular formula is C13H21N3O3S. The summed E-state index contributed by atoms with van der Waals surface area (Å²) in [5, 5.41) is 0. The second-order valence-corrected chi connectivity index (χ2v) is 6.87. The molecule has 0 aromatic heterocycles. The Hall–Kier alpha value is -0.990. The zero-order valence-electron chi connectivity index (χ0n) is 11.6. The van der Waals surface area contributed by atoms with Crippen molar-refractivity contribution in [2.45, 2.75) is 12.6 Å². The first-order chi connectivity index (χ1) is 9.54. The summed E-state index contributed by atoms with van der Waals surface area (Å²) in [5.41, 5.74) is 6.51. The monoisotopic (exact) mass is 299 g/mol. The fourth-order valence-electron chi connectivity index (χ4n) is 2.16. The van der Waals surface area contributed by atoms with Gasteiger partial charge in [0.2, 0.25) is 0 Å². The lowest BCUT2D eigenvalue weighted by Crippen LogP contribution is -2.51. The maximum absolute atomic E-state index is 12.5. The highest BCUT2D eigenvalue weighted by Gasteiger charge is 2.31. The zero-order valence-corrected chi connectivity index (χ0v) is 12.4. The Morgan fingerprint density at radius 1 is 1.40 bits per heavy atom. The number of nitrogens with zero attached hydrogens (tertiary/aromatic N) is 2. The van der Waals surface area contributed by atoms with Crippen LogP contribution in [0.2, 0.25) is 0 Å². The molecule has 1 aliphatic heterocycles. The Bertz CT molecular complexity index is 521. The fraction of sp³-hybridized carbons (Fsp3) is 0.538. The summed E-state index contributed by atoms with van der Waals surface area (Å²) in [7, 11) is -1.88. The molecule has 0 saturated carbocycles. The number of benzene rings is 1. The van der Waals surface area contributed by atoms with Crippen LogP contribution in [0.3, 0.4) is 0 Å². The molecule has 0 amide bonds. The van der Waals surface area contributed by atoms with Crippen molar-refractivity contribution < 1.29 is 13.2 Å². The molecule has 2 N–H and O–H groups in total. The molecule has 2 rings (SSSR count). The van der Waals surface area contributed by atoms with Gasteiger partial charge in [0.05, 0.1) is 12.7 Å². The number of nitrogens with two attached hydrogens (primary N) is 1. The van der Waals surface area contributed by atoms with Crippen LogP contribution in [-0.4, -0.2) is 56.4 Å². The predicted molar refractivity (Wildman–Crippen MR) is 77.2 cm³/mol. The van der Waals surface area contributed by atoms with Crippen LogP contribution in [0.5, 0.6) is 0 Å². The van der Waals surface area contributed by atoms with E-state index < -0.39 is 10.2 Å². The van der Waals surface area contributed by atoms with Gasteiger partial charge >= 0.3 is 0 Å². The molecule has 7 heteroatoms. The Morgan fingerprint density at radius 3 is 2.75 bits per heavy atom. The molecule has 0 spiro atoms. The number of rotatable bonds is 5. The van der Waals surface area contributed by atoms with Crippen LogP contribution in [0, 0.1) is 0 Å². The summed E-state index contributed by atoms with van der Waals surface area (Å²) in [6, 6.07) is 9.53. The highest BCUT2D eigenvalue weighted by Crippen LogP contribution is 2.15. The van der Waals surface area contributed by atoms with Gasteiger partial charge in [0, 0.05) is 33.2 Å². The van der Waals surface area contributed by atoms with Gasteiger partial charge in [0.15, 0.2) is 0 Å². The van der Waals surface area contributed by atoms with Crippen molar-refractivity contribution >= 4 is 10.2 Å².